The van der Waals surface area contributed by atoms with E-state index in [4.69, 9.17) is 4.74 Å². The number of sulfone groups is 1. The zero-order chi connectivity index (χ0) is 22.6. The molecule has 1 amide bonds. The van der Waals surface area contributed by atoms with Crippen molar-refractivity contribution in [2.75, 3.05) is 18.1 Å². The molecule has 0 spiro atoms. The predicted molar refractivity (Wildman–Crippen MR) is 128 cm³/mol. The number of benzene rings is 3. The molecule has 3 aromatic carbocycles. The van der Waals surface area contributed by atoms with Crippen LogP contribution >= 0.6 is 0 Å². The summed E-state index contributed by atoms with van der Waals surface area (Å²) in [6, 6.07) is 21.0. The van der Waals surface area contributed by atoms with E-state index in [9.17, 15) is 13.2 Å². The lowest BCUT2D eigenvalue weighted by molar-refractivity contribution is 0.0677. The summed E-state index contributed by atoms with van der Waals surface area (Å²) in [6.07, 6.45) is 2.37. The van der Waals surface area contributed by atoms with Crippen LogP contribution in [-0.2, 0) is 16.4 Å². The molecule has 0 radical (unpaired) electrons. The molecule has 0 saturated carbocycles. The van der Waals surface area contributed by atoms with E-state index < -0.39 is 9.84 Å². The van der Waals surface area contributed by atoms with Crippen LogP contribution in [0.3, 0.4) is 0 Å². The topological polar surface area (TPSA) is 63.7 Å². The third-order valence-corrected chi connectivity index (χ3v) is 7.75. The molecule has 1 atom stereocenters. The molecule has 5 nitrogen and oxygen atoms in total. The summed E-state index contributed by atoms with van der Waals surface area (Å²) in [5, 5.41) is 2.17. The summed E-state index contributed by atoms with van der Waals surface area (Å²) in [5.41, 5.74) is 1.48. The highest BCUT2D eigenvalue weighted by Gasteiger charge is 2.36. The Balaban J connectivity index is 1.70. The van der Waals surface area contributed by atoms with Crippen LogP contribution in [0.2, 0.25) is 0 Å². The van der Waals surface area contributed by atoms with Crippen LogP contribution in [0.25, 0.3) is 10.8 Å². The van der Waals surface area contributed by atoms with Crippen molar-refractivity contribution < 1.29 is 17.9 Å². The zero-order valence-electron chi connectivity index (χ0n) is 18.4. The lowest BCUT2D eigenvalue weighted by Crippen LogP contribution is -2.40. The molecule has 1 heterocycles. The fourth-order valence-electron chi connectivity index (χ4n) is 4.25. The molecule has 1 fully saturated rings. The van der Waals surface area contributed by atoms with Crippen LogP contribution in [0.5, 0.6) is 5.75 Å². The molecule has 168 valence electrons. The van der Waals surface area contributed by atoms with Crippen molar-refractivity contribution in [3.05, 3.63) is 77.9 Å². The van der Waals surface area contributed by atoms with Crippen molar-refractivity contribution in [2.45, 2.75) is 38.8 Å². The summed E-state index contributed by atoms with van der Waals surface area (Å²) in [5.74, 6) is 0.482. The van der Waals surface area contributed by atoms with Gasteiger partial charge in [-0.15, -0.1) is 0 Å². The molecule has 0 aliphatic carbocycles. The van der Waals surface area contributed by atoms with E-state index in [-0.39, 0.29) is 23.5 Å². The molecule has 1 saturated heterocycles. The molecule has 0 bridgehead atoms. The summed E-state index contributed by atoms with van der Waals surface area (Å²) >= 11 is 0. The average molecular weight is 452 g/mol. The second-order valence-corrected chi connectivity index (χ2v) is 10.6. The Morgan fingerprint density at radius 1 is 1.03 bits per heavy atom. The number of fused-ring (bicyclic) bond motifs is 1. The van der Waals surface area contributed by atoms with Crippen molar-refractivity contribution in [1.29, 1.82) is 0 Å². The quantitative estimate of drug-likeness (QED) is 0.460. The van der Waals surface area contributed by atoms with Gasteiger partial charge in [-0.05, 0) is 41.3 Å². The number of nitrogens with zero attached hydrogens (tertiary/aromatic N) is 1. The van der Waals surface area contributed by atoms with Crippen LogP contribution < -0.4 is 4.74 Å². The standard InChI is InChI=1S/C26H29NO4S/c1-2-3-16-31-25-14-7-6-13-24(25)26(28)27(22-15-17-32(29,30)19-22)18-21-11-8-10-20-9-4-5-12-23(20)21/h4-14,22H,2-3,15-19H2,1H3. The van der Waals surface area contributed by atoms with Gasteiger partial charge in [0.2, 0.25) is 0 Å². The van der Waals surface area contributed by atoms with Gasteiger partial charge >= 0.3 is 0 Å². The Labute approximate surface area is 189 Å². The van der Waals surface area contributed by atoms with Crippen molar-refractivity contribution in [3.63, 3.8) is 0 Å². The average Bonchev–Trinajstić information content (AvgIpc) is 3.17. The largest absolute Gasteiger partial charge is 0.493 e. The first-order valence-electron chi connectivity index (χ1n) is 11.2. The number of unbranched alkanes of at least 4 members (excludes halogenated alkanes) is 1. The minimum Gasteiger partial charge on any atom is -0.493 e. The molecule has 0 aromatic heterocycles. The van der Waals surface area contributed by atoms with Gasteiger partial charge in [-0.25, -0.2) is 8.42 Å². The first kappa shape index (κ1) is 22.3. The first-order chi connectivity index (χ1) is 15.5. The maximum Gasteiger partial charge on any atom is 0.258 e. The molecule has 6 heteroatoms. The van der Waals surface area contributed by atoms with Gasteiger partial charge in [0.05, 0.1) is 23.7 Å². The van der Waals surface area contributed by atoms with Crippen LogP contribution in [0.4, 0.5) is 0 Å². The Bertz CT molecular complexity index is 1200. The van der Waals surface area contributed by atoms with Crippen LogP contribution in [0.1, 0.15) is 42.1 Å². The molecule has 1 aliphatic heterocycles. The maximum atomic E-state index is 13.8. The number of carbonyl (C=O) groups excluding carboxylic acids is 1. The van der Waals surface area contributed by atoms with Crippen LogP contribution in [0.15, 0.2) is 66.7 Å². The van der Waals surface area contributed by atoms with Crippen molar-refractivity contribution in [2.24, 2.45) is 0 Å². The number of hydrogen-bond donors (Lipinski definition) is 0. The fourth-order valence-corrected chi connectivity index (χ4v) is 5.98. The van der Waals surface area contributed by atoms with Crippen molar-refractivity contribution in [3.8, 4) is 5.75 Å². The van der Waals surface area contributed by atoms with E-state index in [0.29, 0.717) is 30.9 Å². The van der Waals surface area contributed by atoms with Crippen molar-refractivity contribution in [1.82, 2.24) is 4.90 Å². The molecular formula is C26H29NO4S. The van der Waals surface area contributed by atoms with Gasteiger partial charge in [-0.2, -0.15) is 0 Å². The Hall–Kier alpha value is -2.86. The number of rotatable bonds is 8. The zero-order valence-corrected chi connectivity index (χ0v) is 19.2. The highest BCUT2D eigenvalue weighted by Crippen LogP contribution is 2.28. The smallest absolute Gasteiger partial charge is 0.258 e. The Kier molecular flexibility index (Phi) is 6.80. The monoisotopic (exact) mass is 451 g/mol. The number of carbonyl (C=O) groups is 1. The molecule has 1 unspecified atom stereocenters. The van der Waals surface area contributed by atoms with Gasteiger partial charge < -0.3 is 9.64 Å². The van der Waals surface area contributed by atoms with Gasteiger partial charge in [0.15, 0.2) is 9.84 Å². The van der Waals surface area contributed by atoms with Crippen LogP contribution in [0, 0.1) is 0 Å². The Morgan fingerprint density at radius 3 is 2.56 bits per heavy atom. The molecule has 32 heavy (non-hydrogen) atoms. The number of ether oxygens (including phenoxy) is 1. The van der Waals surface area contributed by atoms with E-state index in [2.05, 4.69) is 6.92 Å². The summed E-state index contributed by atoms with van der Waals surface area (Å²) in [4.78, 5) is 15.5. The molecule has 3 aromatic rings. The highest BCUT2D eigenvalue weighted by atomic mass is 32.2. The SMILES string of the molecule is CCCCOc1ccccc1C(=O)N(Cc1cccc2ccccc12)C1CCS(=O)(=O)C1. The van der Waals surface area contributed by atoms with Gasteiger partial charge in [0, 0.05) is 12.6 Å². The summed E-state index contributed by atoms with van der Waals surface area (Å²) < 4.78 is 30.4. The molecular weight excluding hydrogens is 422 g/mol. The lowest BCUT2D eigenvalue weighted by atomic mass is 10.0. The van der Waals surface area contributed by atoms with Crippen molar-refractivity contribution >= 4 is 26.5 Å². The maximum absolute atomic E-state index is 13.8. The summed E-state index contributed by atoms with van der Waals surface area (Å²) in [7, 11) is -3.14. The second-order valence-electron chi connectivity index (χ2n) is 8.33. The molecule has 1 aliphatic rings. The van der Waals surface area contributed by atoms with Gasteiger partial charge in [-0.1, -0.05) is 67.9 Å². The van der Waals surface area contributed by atoms with E-state index in [1.807, 2.05) is 60.7 Å². The van der Waals surface area contributed by atoms with Crippen LogP contribution in [-0.4, -0.2) is 43.4 Å². The van der Waals surface area contributed by atoms with E-state index in [1.54, 1.807) is 11.0 Å². The number of para-hydroxylation sites is 1. The third kappa shape index (κ3) is 4.96. The first-order valence-corrected chi connectivity index (χ1v) is 13.0. The minimum atomic E-state index is -3.14. The lowest BCUT2D eigenvalue weighted by Gasteiger charge is -2.29. The minimum absolute atomic E-state index is 0.00235. The Morgan fingerprint density at radius 2 is 1.78 bits per heavy atom. The van der Waals surface area contributed by atoms with Gasteiger partial charge in [-0.3, -0.25) is 4.79 Å². The second kappa shape index (κ2) is 9.74. The van der Waals surface area contributed by atoms with E-state index in [1.165, 1.54) is 0 Å². The number of amides is 1. The van der Waals surface area contributed by atoms with E-state index in [0.717, 1.165) is 29.2 Å². The van der Waals surface area contributed by atoms with Gasteiger partial charge in [0.25, 0.3) is 5.91 Å². The number of hydrogen-bond acceptors (Lipinski definition) is 4. The van der Waals surface area contributed by atoms with E-state index >= 15 is 0 Å². The normalized spacial score (nSPS) is 17.3. The highest BCUT2D eigenvalue weighted by molar-refractivity contribution is 7.91. The third-order valence-electron chi connectivity index (χ3n) is 6.00. The summed E-state index contributed by atoms with van der Waals surface area (Å²) in [6.45, 7) is 2.98. The molecule has 4 rings (SSSR count). The fraction of sp³-hybridized carbons (Fsp3) is 0.346. The predicted octanol–water partition coefficient (Wildman–Crippen LogP) is 4.85. The molecule has 0 N–H and O–H groups in total. The van der Waals surface area contributed by atoms with Gasteiger partial charge in [0.1, 0.15) is 5.75 Å².